The van der Waals surface area contributed by atoms with E-state index in [4.69, 9.17) is 9.47 Å². The van der Waals surface area contributed by atoms with Crippen LogP contribution in [0.1, 0.15) is 12.0 Å². The molecular formula is C11H14BrNO4. The monoisotopic (exact) mass is 303 g/mol. The van der Waals surface area contributed by atoms with Gasteiger partial charge in [0.25, 0.3) is 0 Å². The number of hydrogen-bond donors (Lipinski definition) is 0. The molecule has 0 aliphatic carbocycles. The number of rotatable bonds is 7. The molecule has 0 aliphatic heterocycles. The van der Waals surface area contributed by atoms with Crippen LogP contribution in [0.3, 0.4) is 0 Å². The highest BCUT2D eigenvalue weighted by Gasteiger charge is 2.15. The fourth-order valence-electron chi connectivity index (χ4n) is 1.30. The molecule has 5 nitrogen and oxygen atoms in total. The van der Waals surface area contributed by atoms with E-state index in [1.54, 1.807) is 19.2 Å². The zero-order valence-corrected chi connectivity index (χ0v) is 11.1. The average Bonchev–Trinajstić information content (AvgIpc) is 2.34. The number of nitrogens with zero attached hydrogens (tertiary/aromatic N) is 1. The Balaban J connectivity index is 2.73. The molecule has 17 heavy (non-hydrogen) atoms. The summed E-state index contributed by atoms with van der Waals surface area (Å²) >= 11 is 3.26. The van der Waals surface area contributed by atoms with E-state index in [1.165, 1.54) is 6.07 Å². The van der Waals surface area contributed by atoms with Crippen LogP contribution < -0.4 is 4.74 Å². The Kier molecular flexibility index (Phi) is 5.93. The second-order valence-electron chi connectivity index (χ2n) is 3.39. The fraction of sp³-hybridized carbons (Fsp3) is 0.455. The zero-order chi connectivity index (χ0) is 12.7. The highest BCUT2D eigenvalue weighted by Crippen LogP contribution is 2.28. The van der Waals surface area contributed by atoms with E-state index in [0.29, 0.717) is 30.7 Å². The Labute approximate surface area is 108 Å². The van der Waals surface area contributed by atoms with Crippen molar-refractivity contribution in [1.29, 1.82) is 0 Å². The van der Waals surface area contributed by atoms with Crippen LogP contribution in [-0.2, 0) is 10.1 Å². The SMILES string of the molecule is COCCCOc1ccc(CBr)cc1[N+](=O)[O-]. The molecule has 0 radical (unpaired) electrons. The normalized spacial score (nSPS) is 10.2. The number of nitro benzene ring substituents is 1. The molecule has 0 amide bonds. The number of hydrogen-bond acceptors (Lipinski definition) is 4. The van der Waals surface area contributed by atoms with Crippen LogP contribution in [0.4, 0.5) is 5.69 Å². The standard InChI is InChI=1S/C11H14BrNO4/c1-16-5-2-6-17-11-4-3-9(8-12)7-10(11)13(14)15/h3-4,7H,2,5-6,8H2,1H3. The molecule has 0 atom stereocenters. The minimum Gasteiger partial charge on any atom is -0.487 e. The molecular weight excluding hydrogens is 290 g/mol. The van der Waals surface area contributed by atoms with E-state index in [2.05, 4.69) is 15.9 Å². The van der Waals surface area contributed by atoms with Crippen molar-refractivity contribution in [1.82, 2.24) is 0 Å². The molecule has 0 unspecified atom stereocenters. The molecule has 0 aromatic heterocycles. The van der Waals surface area contributed by atoms with E-state index >= 15 is 0 Å². The molecule has 0 saturated carbocycles. The molecule has 0 bridgehead atoms. The van der Waals surface area contributed by atoms with Crippen LogP contribution in [0, 0.1) is 10.1 Å². The summed E-state index contributed by atoms with van der Waals surface area (Å²) in [6.45, 7) is 0.982. The summed E-state index contributed by atoms with van der Waals surface area (Å²) in [5, 5.41) is 11.4. The molecule has 94 valence electrons. The van der Waals surface area contributed by atoms with Gasteiger partial charge in [0.15, 0.2) is 5.75 Å². The molecule has 0 N–H and O–H groups in total. The van der Waals surface area contributed by atoms with Crippen molar-refractivity contribution in [3.05, 3.63) is 33.9 Å². The smallest absolute Gasteiger partial charge is 0.311 e. The minimum atomic E-state index is -0.433. The van der Waals surface area contributed by atoms with Crippen LogP contribution in [0.5, 0.6) is 5.75 Å². The fourth-order valence-corrected chi connectivity index (χ4v) is 1.64. The third-order valence-electron chi connectivity index (χ3n) is 2.12. The molecule has 0 fully saturated rings. The van der Waals surface area contributed by atoms with Crippen molar-refractivity contribution in [3.8, 4) is 5.75 Å². The van der Waals surface area contributed by atoms with E-state index < -0.39 is 4.92 Å². The van der Waals surface area contributed by atoms with Gasteiger partial charge >= 0.3 is 5.69 Å². The first-order valence-corrected chi connectivity index (χ1v) is 6.26. The molecule has 6 heteroatoms. The van der Waals surface area contributed by atoms with Crippen LogP contribution in [0.15, 0.2) is 18.2 Å². The molecule has 1 rings (SSSR count). The van der Waals surface area contributed by atoms with Crippen molar-refractivity contribution in [2.24, 2.45) is 0 Å². The third kappa shape index (κ3) is 4.32. The lowest BCUT2D eigenvalue weighted by molar-refractivity contribution is -0.385. The van der Waals surface area contributed by atoms with Gasteiger partial charge in [0.1, 0.15) is 0 Å². The number of alkyl halides is 1. The van der Waals surface area contributed by atoms with Crippen molar-refractivity contribution < 1.29 is 14.4 Å². The van der Waals surface area contributed by atoms with Gasteiger partial charge in [-0.3, -0.25) is 10.1 Å². The first-order chi connectivity index (χ1) is 8.19. The van der Waals surface area contributed by atoms with E-state index in [1.807, 2.05) is 0 Å². The highest BCUT2D eigenvalue weighted by atomic mass is 79.9. The topological polar surface area (TPSA) is 61.6 Å². The van der Waals surface area contributed by atoms with Gasteiger partial charge in [-0.15, -0.1) is 0 Å². The first kappa shape index (κ1) is 13.9. The second-order valence-corrected chi connectivity index (χ2v) is 3.95. The lowest BCUT2D eigenvalue weighted by atomic mass is 10.2. The van der Waals surface area contributed by atoms with Crippen molar-refractivity contribution >= 4 is 21.6 Å². The van der Waals surface area contributed by atoms with Gasteiger partial charge in [-0.05, 0) is 11.6 Å². The number of methoxy groups -OCH3 is 1. The maximum absolute atomic E-state index is 10.9. The van der Waals surface area contributed by atoms with E-state index in [-0.39, 0.29) is 5.69 Å². The quantitative estimate of drug-likeness (QED) is 0.336. The van der Waals surface area contributed by atoms with Gasteiger partial charge in [-0.2, -0.15) is 0 Å². The summed E-state index contributed by atoms with van der Waals surface area (Å²) in [4.78, 5) is 10.4. The van der Waals surface area contributed by atoms with Gasteiger partial charge in [0.2, 0.25) is 0 Å². The number of benzene rings is 1. The third-order valence-corrected chi connectivity index (χ3v) is 2.77. The summed E-state index contributed by atoms with van der Waals surface area (Å²) in [7, 11) is 1.60. The molecule has 1 aromatic carbocycles. The predicted octanol–water partition coefficient (Wildman–Crippen LogP) is 2.91. The number of nitro groups is 1. The summed E-state index contributed by atoms with van der Waals surface area (Å²) in [5.41, 5.74) is 0.848. The Morgan fingerprint density at radius 2 is 2.18 bits per heavy atom. The largest absolute Gasteiger partial charge is 0.487 e. The Morgan fingerprint density at radius 1 is 1.41 bits per heavy atom. The van der Waals surface area contributed by atoms with Crippen molar-refractivity contribution in [2.45, 2.75) is 11.8 Å². The summed E-state index contributed by atoms with van der Waals surface area (Å²) < 4.78 is 10.2. The van der Waals surface area contributed by atoms with Crippen molar-refractivity contribution in [3.63, 3.8) is 0 Å². The maximum atomic E-state index is 10.9. The zero-order valence-electron chi connectivity index (χ0n) is 9.52. The molecule has 0 heterocycles. The van der Waals surface area contributed by atoms with Crippen LogP contribution >= 0.6 is 15.9 Å². The first-order valence-electron chi connectivity index (χ1n) is 5.14. The lowest BCUT2D eigenvalue weighted by Crippen LogP contribution is -2.03. The molecule has 1 aromatic rings. The van der Waals surface area contributed by atoms with Gasteiger partial charge in [-0.1, -0.05) is 22.0 Å². The van der Waals surface area contributed by atoms with Gasteiger partial charge in [0.05, 0.1) is 11.5 Å². The van der Waals surface area contributed by atoms with Crippen LogP contribution in [-0.4, -0.2) is 25.2 Å². The Morgan fingerprint density at radius 3 is 2.76 bits per heavy atom. The van der Waals surface area contributed by atoms with E-state index in [0.717, 1.165) is 5.56 Å². The maximum Gasteiger partial charge on any atom is 0.311 e. The molecule has 0 aliphatic rings. The minimum absolute atomic E-state index is 0.000586. The second kappa shape index (κ2) is 7.24. The van der Waals surface area contributed by atoms with Gasteiger partial charge in [0, 0.05) is 31.5 Å². The van der Waals surface area contributed by atoms with E-state index in [9.17, 15) is 10.1 Å². The number of ether oxygens (including phenoxy) is 2. The Bertz CT molecular complexity index is 384. The molecule has 0 saturated heterocycles. The van der Waals surface area contributed by atoms with Crippen molar-refractivity contribution in [2.75, 3.05) is 20.3 Å². The van der Waals surface area contributed by atoms with Gasteiger partial charge in [-0.25, -0.2) is 0 Å². The Hall–Kier alpha value is -1.14. The summed E-state index contributed by atoms with van der Waals surface area (Å²) in [6.07, 6.45) is 0.702. The predicted molar refractivity (Wildman–Crippen MR) is 67.7 cm³/mol. The van der Waals surface area contributed by atoms with Crippen LogP contribution in [0.25, 0.3) is 0 Å². The average molecular weight is 304 g/mol. The summed E-state index contributed by atoms with van der Waals surface area (Å²) in [6, 6.07) is 4.94. The number of halogens is 1. The summed E-state index contributed by atoms with van der Waals surface area (Å²) in [5.74, 6) is 0.302. The van der Waals surface area contributed by atoms with Gasteiger partial charge < -0.3 is 9.47 Å². The highest BCUT2D eigenvalue weighted by molar-refractivity contribution is 9.08. The molecule has 0 spiro atoms. The lowest BCUT2D eigenvalue weighted by Gasteiger charge is -2.07. The van der Waals surface area contributed by atoms with Crippen LogP contribution in [0.2, 0.25) is 0 Å².